The Morgan fingerprint density at radius 1 is 1.16 bits per heavy atom. The maximum Gasteiger partial charge on any atom is 0.338 e. The zero-order chi connectivity index (χ0) is 22.7. The van der Waals surface area contributed by atoms with Gasteiger partial charge in [0.25, 0.3) is 5.56 Å². The maximum atomic E-state index is 12.7. The number of H-pyrrole nitrogens is 1. The highest BCUT2D eigenvalue weighted by Gasteiger charge is 2.21. The monoisotopic (exact) mass is 442 g/mol. The standard InChI is InChI=1S/C21H22N4O5S/c1-10-6-7-15(29-4)14(8-10)23-18(26)12(3)31-21-24-17-16(19(27)25-21)13(20(28)30-5)9-11(2)22-17/h6-9,12H,1-5H3,(H,23,26)(H,22,24,25,27). The molecule has 2 heterocycles. The Kier molecular flexibility index (Phi) is 6.59. The molecule has 1 amide bonds. The molecule has 3 aromatic rings. The first kappa shape index (κ1) is 22.3. The number of nitrogens with zero attached hydrogens (tertiary/aromatic N) is 2. The minimum absolute atomic E-state index is 0.0448. The van der Waals surface area contributed by atoms with E-state index in [9.17, 15) is 14.4 Å². The fourth-order valence-electron chi connectivity index (χ4n) is 2.95. The van der Waals surface area contributed by atoms with Crippen LogP contribution in [0, 0.1) is 13.8 Å². The second-order valence-corrected chi connectivity index (χ2v) is 8.16. The van der Waals surface area contributed by atoms with Crippen LogP contribution in [0.5, 0.6) is 5.75 Å². The molecular formula is C21H22N4O5S. The zero-order valence-electron chi connectivity index (χ0n) is 17.7. The minimum Gasteiger partial charge on any atom is -0.495 e. The topological polar surface area (TPSA) is 123 Å². The predicted molar refractivity (Wildman–Crippen MR) is 118 cm³/mol. The number of methoxy groups -OCH3 is 2. The van der Waals surface area contributed by atoms with Gasteiger partial charge in [-0.2, -0.15) is 0 Å². The van der Waals surface area contributed by atoms with Crippen LogP contribution in [0.3, 0.4) is 0 Å². The number of carbonyl (C=O) groups is 2. The van der Waals surface area contributed by atoms with Crippen LogP contribution in [0.1, 0.15) is 28.5 Å². The Morgan fingerprint density at radius 3 is 2.58 bits per heavy atom. The molecule has 2 N–H and O–H groups in total. The lowest BCUT2D eigenvalue weighted by Crippen LogP contribution is -2.24. The number of esters is 1. The first-order chi connectivity index (χ1) is 14.7. The van der Waals surface area contributed by atoms with Gasteiger partial charge < -0.3 is 19.8 Å². The lowest BCUT2D eigenvalue weighted by Gasteiger charge is -2.14. The normalized spacial score (nSPS) is 11.8. The maximum absolute atomic E-state index is 12.7. The lowest BCUT2D eigenvalue weighted by molar-refractivity contribution is -0.115. The van der Waals surface area contributed by atoms with E-state index in [1.165, 1.54) is 20.3 Å². The van der Waals surface area contributed by atoms with Crippen molar-refractivity contribution in [2.75, 3.05) is 19.5 Å². The van der Waals surface area contributed by atoms with Crippen LogP contribution in [0.4, 0.5) is 5.69 Å². The SMILES string of the molecule is COC(=O)c1cc(C)nc2nc(SC(C)C(=O)Nc3cc(C)ccc3OC)[nH]c(=O)c12. The highest BCUT2D eigenvalue weighted by Crippen LogP contribution is 2.27. The summed E-state index contributed by atoms with van der Waals surface area (Å²) in [5, 5.41) is 2.50. The summed E-state index contributed by atoms with van der Waals surface area (Å²) in [7, 11) is 2.76. The molecule has 0 fully saturated rings. The number of benzene rings is 1. The van der Waals surface area contributed by atoms with Gasteiger partial charge in [0.05, 0.1) is 36.1 Å². The summed E-state index contributed by atoms with van der Waals surface area (Å²) in [5.74, 6) is -0.393. The molecule has 31 heavy (non-hydrogen) atoms. The molecule has 0 spiro atoms. The first-order valence-electron chi connectivity index (χ1n) is 9.35. The molecule has 0 aliphatic rings. The summed E-state index contributed by atoms with van der Waals surface area (Å²) in [5.41, 5.74) is 1.71. The summed E-state index contributed by atoms with van der Waals surface area (Å²) in [6.07, 6.45) is 0. The molecule has 2 aromatic heterocycles. The van der Waals surface area contributed by atoms with Crippen LogP contribution in [-0.2, 0) is 9.53 Å². The van der Waals surface area contributed by atoms with E-state index in [0.717, 1.165) is 17.3 Å². The number of carbonyl (C=O) groups excluding carboxylic acids is 2. The molecule has 9 nitrogen and oxygen atoms in total. The van der Waals surface area contributed by atoms with E-state index in [-0.39, 0.29) is 27.7 Å². The molecule has 3 rings (SSSR count). The van der Waals surface area contributed by atoms with Crippen LogP contribution in [-0.4, -0.2) is 46.3 Å². The van der Waals surface area contributed by atoms with Crippen LogP contribution in [0.2, 0.25) is 0 Å². The van der Waals surface area contributed by atoms with Gasteiger partial charge in [0.15, 0.2) is 10.8 Å². The van der Waals surface area contributed by atoms with Gasteiger partial charge in [-0.3, -0.25) is 9.59 Å². The number of hydrogen-bond acceptors (Lipinski definition) is 8. The number of anilines is 1. The lowest BCUT2D eigenvalue weighted by atomic mass is 10.1. The number of rotatable bonds is 6. The summed E-state index contributed by atoms with van der Waals surface area (Å²) in [6.45, 7) is 5.29. The van der Waals surface area contributed by atoms with Crippen molar-refractivity contribution in [3.63, 3.8) is 0 Å². The Morgan fingerprint density at radius 2 is 1.90 bits per heavy atom. The third-order valence-corrected chi connectivity index (χ3v) is 5.44. The van der Waals surface area contributed by atoms with Crippen molar-refractivity contribution in [1.82, 2.24) is 15.0 Å². The zero-order valence-corrected chi connectivity index (χ0v) is 18.5. The van der Waals surface area contributed by atoms with Crippen molar-refractivity contribution in [3.8, 4) is 5.75 Å². The van der Waals surface area contributed by atoms with E-state index in [2.05, 4.69) is 20.3 Å². The Bertz CT molecular complexity index is 1220. The number of amides is 1. The second kappa shape index (κ2) is 9.17. The number of hydrogen-bond donors (Lipinski definition) is 2. The smallest absolute Gasteiger partial charge is 0.338 e. The van der Waals surface area contributed by atoms with Crippen molar-refractivity contribution >= 4 is 40.4 Å². The quantitative estimate of drug-likeness (QED) is 0.339. The summed E-state index contributed by atoms with van der Waals surface area (Å²) < 4.78 is 10.0. The molecule has 1 aromatic carbocycles. The number of pyridine rings is 1. The van der Waals surface area contributed by atoms with Crippen LogP contribution in [0.15, 0.2) is 34.2 Å². The molecule has 0 saturated heterocycles. The van der Waals surface area contributed by atoms with Crippen molar-refractivity contribution in [2.24, 2.45) is 0 Å². The van der Waals surface area contributed by atoms with Gasteiger partial charge in [0.2, 0.25) is 5.91 Å². The number of fused-ring (bicyclic) bond motifs is 1. The van der Waals surface area contributed by atoms with Gasteiger partial charge in [-0.15, -0.1) is 0 Å². The fraction of sp³-hybridized carbons (Fsp3) is 0.286. The summed E-state index contributed by atoms with van der Waals surface area (Å²) >= 11 is 1.07. The fourth-order valence-corrected chi connectivity index (χ4v) is 3.74. The Labute approximate surface area is 182 Å². The molecular weight excluding hydrogens is 420 g/mol. The summed E-state index contributed by atoms with van der Waals surface area (Å²) in [6, 6.07) is 6.94. The molecule has 162 valence electrons. The molecule has 0 aliphatic heterocycles. The van der Waals surface area contributed by atoms with E-state index < -0.39 is 16.8 Å². The highest BCUT2D eigenvalue weighted by atomic mass is 32.2. The number of ether oxygens (including phenoxy) is 2. The first-order valence-corrected chi connectivity index (χ1v) is 10.2. The van der Waals surface area contributed by atoms with Gasteiger partial charge >= 0.3 is 5.97 Å². The average molecular weight is 442 g/mol. The summed E-state index contributed by atoms with van der Waals surface area (Å²) in [4.78, 5) is 48.6. The molecule has 0 bridgehead atoms. The van der Waals surface area contributed by atoms with Gasteiger partial charge in [0.1, 0.15) is 5.75 Å². The van der Waals surface area contributed by atoms with E-state index in [1.54, 1.807) is 19.9 Å². The third-order valence-electron chi connectivity index (χ3n) is 4.46. The number of aromatic nitrogens is 3. The molecule has 0 saturated carbocycles. The number of aryl methyl sites for hydroxylation is 2. The minimum atomic E-state index is -0.650. The van der Waals surface area contributed by atoms with E-state index in [4.69, 9.17) is 9.47 Å². The van der Waals surface area contributed by atoms with Gasteiger partial charge in [-0.1, -0.05) is 17.8 Å². The molecule has 1 atom stereocenters. The van der Waals surface area contributed by atoms with E-state index >= 15 is 0 Å². The van der Waals surface area contributed by atoms with E-state index in [0.29, 0.717) is 17.1 Å². The molecule has 10 heteroatoms. The van der Waals surface area contributed by atoms with Crippen molar-refractivity contribution in [2.45, 2.75) is 31.2 Å². The molecule has 0 radical (unpaired) electrons. The van der Waals surface area contributed by atoms with Crippen molar-refractivity contribution in [1.29, 1.82) is 0 Å². The average Bonchev–Trinajstić information content (AvgIpc) is 2.72. The molecule has 0 aliphatic carbocycles. The molecule has 1 unspecified atom stereocenters. The van der Waals surface area contributed by atoms with Gasteiger partial charge in [0, 0.05) is 5.69 Å². The van der Waals surface area contributed by atoms with Gasteiger partial charge in [-0.25, -0.2) is 14.8 Å². The second-order valence-electron chi connectivity index (χ2n) is 6.83. The Hall–Kier alpha value is -3.40. The van der Waals surface area contributed by atoms with Crippen LogP contribution in [0.25, 0.3) is 11.0 Å². The van der Waals surface area contributed by atoms with Crippen molar-refractivity contribution < 1.29 is 19.1 Å². The third kappa shape index (κ3) is 4.85. The number of thioether (sulfide) groups is 1. The van der Waals surface area contributed by atoms with E-state index in [1.807, 2.05) is 19.1 Å². The highest BCUT2D eigenvalue weighted by molar-refractivity contribution is 8.00. The number of nitrogens with one attached hydrogen (secondary N) is 2. The number of aromatic amines is 1. The largest absolute Gasteiger partial charge is 0.495 e. The van der Waals surface area contributed by atoms with Crippen LogP contribution < -0.4 is 15.6 Å². The predicted octanol–water partition coefficient (Wildman–Crippen LogP) is 2.85. The van der Waals surface area contributed by atoms with Gasteiger partial charge in [-0.05, 0) is 44.5 Å². The van der Waals surface area contributed by atoms with Crippen LogP contribution >= 0.6 is 11.8 Å². The Balaban J connectivity index is 1.88. The van der Waals surface area contributed by atoms with Crippen molar-refractivity contribution in [3.05, 3.63) is 51.4 Å².